The van der Waals surface area contributed by atoms with Crippen LogP contribution in [-0.4, -0.2) is 51.7 Å². The molecule has 1 aliphatic heterocycles. The van der Waals surface area contributed by atoms with Crippen molar-refractivity contribution >= 4 is 0 Å². The van der Waals surface area contributed by atoms with E-state index in [9.17, 15) is 0 Å². The standard InChI is InChI=1S/C16H33NO3/c1-4-5-8-18-9-10-19-13-16-7-6-15(20-16)12-17-11-14(2)3/h14-17H,4-13H2,1-3H3. The number of hydrogen-bond acceptors (Lipinski definition) is 4. The predicted octanol–water partition coefficient (Wildman–Crippen LogP) is 2.61. The number of nitrogens with one attached hydrogen (secondary N) is 1. The van der Waals surface area contributed by atoms with Crippen molar-refractivity contribution in [2.75, 3.05) is 39.5 Å². The average Bonchev–Trinajstić information content (AvgIpc) is 2.85. The first-order valence-electron chi connectivity index (χ1n) is 8.24. The molecule has 0 aromatic carbocycles. The monoisotopic (exact) mass is 287 g/mol. The largest absolute Gasteiger partial charge is 0.379 e. The number of unbranched alkanes of at least 4 members (excludes halogenated alkanes) is 1. The van der Waals surface area contributed by atoms with E-state index in [0.29, 0.717) is 31.8 Å². The van der Waals surface area contributed by atoms with Crippen LogP contribution >= 0.6 is 0 Å². The summed E-state index contributed by atoms with van der Waals surface area (Å²) in [5.41, 5.74) is 0. The zero-order chi connectivity index (χ0) is 14.6. The Hall–Kier alpha value is -0.160. The van der Waals surface area contributed by atoms with Crippen LogP contribution in [0.15, 0.2) is 0 Å². The fraction of sp³-hybridized carbons (Fsp3) is 1.00. The summed E-state index contributed by atoms with van der Waals surface area (Å²) in [4.78, 5) is 0. The summed E-state index contributed by atoms with van der Waals surface area (Å²) >= 11 is 0. The Kier molecular flexibility index (Phi) is 10.3. The van der Waals surface area contributed by atoms with E-state index in [1.807, 2.05) is 0 Å². The Morgan fingerprint density at radius 1 is 1.10 bits per heavy atom. The molecule has 4 nitrogen and oxygen atoms in total. The molecule has 20 heavy (non-hydrogen) atoms. The molecule has 0 bridgehead atoms. The Morgan fingerprint density at radius 2 is 1.85 bits per heavy atom. The van der Waals surface area contributed by atoms with Crippen LogP contribution < -0.4 is 5.32 Å². The summed E-state index contributed by atoms with van der Waals surface area (Å²) in [7, 11) is 0. The van der Waals surface area contributed by atoms with Gasteiger partial charge in [0.05, 0.1) is 32.0 Å². The van der Waals surface area contributed by atoms with Crippen LogP contribution in [0.25, 0.3) is 0 Å². The smallest absolute Gasteiger partial charge is 0.0813 e. The molecule has 0 aromatic heterocycles. The highest BCUT2D eigenvalue weighted by Gasteiger charge is 2.24. The molecule has 1 saturated heterocycles. The van der Waals surface area contributed by atoms with Crippen molar-refractivity contribution in [1.82, 2.24) is 5.32 Å². The van der Waals surface area contributed by atoms with Crippen LogP contribution in [0, 0.1) is 5.92 Å². The third-order valence-corrected chi connectivity index (χ3v) is 3.44. The van der Waals surface area contributed by atoms with Gasteiger partial charge in [-0.1, -0.05) is 27.2 Å². The summed E-state index contributed by atoms with van der Waals surface area (Å²) in [5, 5.41) is 3.46. The molecule has 1 aliphatic rings. The molecule has 2 unspecified atom stereocenters. The van der Waals surface area contributed by atoms with Gasteiger partial charge < -0.3 is 19.5 Å². The first-order valence-corrected chi connectivity index (χ1v) is 8.24. The highest BCUT2D eigenvalue weighted by molar-refractivity contribution is 4.75. The lowest BCUT2D eigenvalue weighted by molar-refractivity contribution is -0.0286. The lowest BCUT2D eigenvalue weighted by atomic mass is 10.2. The van der Waals surface area contributed by atoms with Crippen molar-refractivity contribution < 1.29 is 14.2 Å². The van der Waals surface area contributed by atoms with Gasteiger partial charge in [0.15, 0.2) is 0 Å². The Labute approximate surface area is 124 Å². The summed E-state index contributed by atoms with van der Waals surface area (Å²) in [6.07, 6.45) is 5.22. The number of hydrogen-bond donors (Lipinski definition) is 1. The lowest BCUT2D eigenvalue weighted by Gasteiger charge is -2.15. The third-order valence-electron chi connectivity index (χ3n) is 3.44. The Bertz CT molecular complexity index is 224. The molecule has 0 amide bonds. The molecule has 0 radical (unpaired) electrons. The fourth-order valence-electron chi connectivity index (χ4n) is 2.27. The van der Waals surface area contributed by atoms with Gasteiger partial charge in [-0.3, -0.25) is 0 Å². The molecular weight excluding hydrogens is 254 g/mol. The molecule has 4 heteroatoms. The third kappa shape index (κ3) is 8.90. The molecule has 1 fully saturated rings. The van der Waals surface area contributed by atoms with Gasteiger partial charge in [0.25, 0.3) is 0 Å². The molecule has 120 valence electrons. The average molecular weight is 287 g/mol. The van der Waals surface area contributed by atoms with Crippen LogP contribution in [0.3, 0.4) is 0 Å². The molecule has 1 heterocycles. The first kappa shape index (κ1) is 17.9. The zero-order valence-corrected chi connectivity index (χ0v) is 13.5. The molecule has 2 atom stereocenters. The highest BCUT2D eigenvalue weighted by atomic mass is 16.6. The summed E-state index contributed by atoms with van der Waals surface area (Å²) < 4.78 is 17.0. The molecule has 1 rings (SSSR count). The van der Waals surface area contributed by atoms with Crippen molar-refractivity contribution in [3.63, 3.8) is 0 Å². The maximum absolute atomic E-state index is 5.96. The van der Waals surface area contributed by atoms with E-state index in [1.54, 1.807) is 0 Å². The van der Waals surface area contributed by atoms with Gasteiger partial charge in [-0.05, 0) is 31.7 Å². The molecular formula is C16H33NO3. The van der Waals surface area contributed by atoms with Gasteiger partial charge in [-0.2, -0.15) is 0 Å². The number of ether oxygens (including phenoxy) is 3. The quantitative estimate of drug-likeness (QED) is 0.560. The molecule has 0 aliphatic carbocycles. The van der Waals surface area contributed by atoms with Gasteiger partial charge >= 0.3 is 0 Å². The van der Waals surface area contributed by atoms with Crippen molar-refractivity contribution in [2.45, 2.75) is 58.7 Å². The van der Waals surface area contributed by atoms with Crippen LogP contribution in [0.2, 0.25) is 0 Å². The van der Waals surface area contributed by atoms with Gasteiger partial charge in [0.2, 0.25) is 0 Å². The van der Waals surface area contributed by atoms with E-state index in [0.717, 1.165) is 39.0 Å². The van der Waals surface area contributed by atoms with Crippen LogP contribution in [0.4, 0.5) is 0 Å². The summed E-state index contributed by atoms with van der Waals surface area (Å²) in [6.45, 7) is 11.6. The van der Waals surface area contributed by atoms with Gasteiger partial charge in [-0.15, -0.1) is 0 Å². The van der Waals surface area contributed by atoms with Gasteiger partial charge in [0.1, 0.15) is 0 Å². The molecule has 0 spiro atoms. The van der Waals surface area contributed by atoms with E-state index in [-0.39, 0.29) is 6.10 Å². The van der Waals surface area contributed by atoms with Gasteiger partial charge in [-0.25, -0.2) is 0 Å². The zero-order valence-electron chi connectivity index (χ0n) is 13.5. The maximum Gasteiger partial charge on any atom is 0.0813 e. The van der Waals surface area contributed by atoms with E-state index in [4.69, 9.17) is 14.2 Å². The second kappa shape index (κ2) is 11.5. The fourth-order valence-corrected chi connectivity index (χ4v) is 2.27. The number of rotatable bonds is 12. The molecule has 0 saturated carbocycles. The van der Waals surface area contributed by atoms with Crippen LogP contribution in [0.5, 0.6) is 0 Å². The molecule has 1 N–H and O–H groups in total. The van der Waals surface area contributed by atoms with Crippen LogP contribution in [0.1, 0.15) is 46.5 Å². The van der Waals surface area contributed by atoms with Crippen molar-refractivity contribution in [2.24, 2.45) is 5.92 Å². The van der Waals surface area contributed by atoms with Gasteiger partial charge in [0, 0.05) is 13.2 Å². The van der Waals surface area contributed by atoms with Crippen molar-refractivity contribution in [3.8, 4) is 0 Å². The minimum atomic E-state index is 0.275. The Morgan fingerprint density at radius 3 is 2.60 bits per heavy atom. The van der Waals surface area contributed by atoms with E-state index in [1.165, 1.54) is 6.42 Å². The van der Waals surface area contributed by atoms with Crippen LogP contribution in [-0.2, 0) is 14.2 Å². The van der Waals surface area contributed by atoms with Crippen molar-refractivity contribution in [1.29, 1.82) is 0 Å². The Balaban J connectivity index is 1.90. The SMILES string of the molecule is CCCCOCCOCC1CCC(CNCC(C)C)O1. The highest BCUT2D eigenvalue weighted by Crippen LogP contribution is 2.19. The van der Waals surface area contributed by atoms with Crippen molar-refractivity contribution in [3.05, 3.63) is 0 Å². The van der Waals surface area contributed by atoms with E-state index in [2.05, 4.69) is 26.1 Å². The second-order valence-corrected chi connectivity index (χ2v) is 6.05. The topological polar surface area (TPSA) is 39.7 Å². The second-order valence-electron chi connectivity index (χ2n) is 6.05. The summed E-state index contributed by atoms with van der Waals surface area (Å²) in [6, 6.07) is 0. The van der Waals surface area contributed by atoms with E-state index < -0.39 is 0 Å². The predicted molar refractivity (Wildman–Crippen MR) is 82.1 cm³/mol. The first-order chi connectivity index (χ1) is 9.72. The summed E-state index contributed by atoms with van der Waals surface area (Å²) in [5.74, 6) is 0.697. The lowest BCUT2D eigenvalue weighted by Crippen LogP contribution is -2.30. The minimum absolute atomic E-state index is 0.275. The normalized spacial score (nSPS) is 22.8. The minimum Gasteiger partial charge on any atom is -0.379 e. The van der Waals surface area contributed by atoms with E-state index >= 15 is 0 Å². The maximum atomic E-state index is 5.96. The molecule has 0 aromatic rings.